The molecule has 5 heteroatoms. The first-order chi connectivity index (χ1) is 10.6. The highest BCUT2D eigenvalue weighted by Gasteiger charge is 2.21. The SMILES string of the molecule is CCOC(=O)C[C@H](C)N(CC(=O)OCC)Cc1ccccc1. The third-order valence-corrected chi connectivity index (χ3v) is 3.26. The normalized spacial score (nSPS) is 12.0. The van der Waals surface area contributed by atoms with Crippen LogP contribution in [0.4, 0.5) is 0 Å². The average Bonchev–Trinajstić information content (AvgIpc) is 2.48. The summed E-state index contributed by atoms with van der Waals surface area (Å²) in [5.74, 6) is -0.536. The van der Waals surface area contributed by atoms with Crippen LogP contribution in [0.2, 0.25) is 0 Å². The molecule has 0 amide bonds. The topological polar surface area (TPSA) is 55.8 Å². The Morgan fingerprint density at radius 2 is 1.64 bits per heavy atom. The quantitative estimate of drug-likeness (QED) is 0.656. The number of nitrogens with zero attached hydrogens (tertiary/aromatic N) is 1. The van der Waals surface area contributed by atoms with Crippen molar-refractivity contribution in [3.63, 3.8) is 0 Å². The van der Waals surface area contributed by atoms with Crippen LogP contribution in [0.25, 0.3) is 0 Å². The Balaban J connectivity index is 2.71. The minimum absolute atomic E-state index is 0.108. The summed E-state index contributed by atoms with van der Waals surface area (Å²) in [6.45, 7) is 6.93. The summed E-state index contributed by atoms with van der Waals surface area (Å²) < 4.78 is 10.00. The number of esters is 2. The first-order valence-corrected chi connectivity index (χ1v) is 7.66. The van der Waals surface area contributed by atoms with Crippen LogP contribution in [0, 0.1) is 0 Å². The van der Waals surface area contributed by atoms with E-state index >= 15 is 0 Å². The number of benzene rings is 1. The monoisotopic (exact) mass is 307 g/mol. The number of ether oxygens (including phenoxy) is 2. The predicted molar refractivity (Wildman–Crippen MR) is 84.2 cm³/mol. The molecule has 0 fully saturated rings. The molecule has 0 bridgehead atoms. The van der Waals surface area contributed by atoms with Gasteiger partial charge in [-0.25, -0.2) is 0 Å². The molecule has 1 aromatic rings. The summed E-state index contributed by atoms with van der Waals surface area (Å²) in [4.78, 5) is 25.4. The molecule has 0 spiro atoms. The number of carbonyl (C=O) groups excluding carboxylic acids is 2. The summed E-state index contributed by atoms with van der Waals surface area (Å²) in [6, 6.07) is 9.73. The lowest BCUT2D eigenvalue weighted by Gasteiger charge is -2.27. The molecule has 1 rings (SSSR count). The van der Waals surface area contributed by atoms with Gasteiger partial charge in [0.1, 0.15) is 0 Å². The Bertz CT molecular complexity index is 461. The van der Waals surface area contributed by atoms with Gasteiger partial charge in [-0.15, -0.1) is 0 Å². The van der Waals surface area contributed by atoms with Gasteiger partial charge >= 0.3 is 11.9 Å². The van der Waals surface area contributed by atoms with Gasteiger partial charge in [0, 0.05) is 12.6 Å². The minimum Gasteiger partial charge on any atom is -0.466 e. The molecule has 0 saturated heterocycles. The maximum Gasteiger partial charge on any atom is 0.320 e. The largest absolute Gasteiger partial charge is 0.466 e. The van der Waals surface area contributed by atoms with E-state index in [4.69, 9.17) is 9.47 Å². The molecule has 0 unspecified atom stereocenters. The van der Waals surface area contributed by atoms with Crippen molar-refractivity contribution in [2.24, 2.45) is 0 Å². The Morgan fingerprint density at radius 1 is 1.05 bits per heavy atom. The molecule has 0 radical (unpaired) electrons. The summed E-state index contributed by atoms with van der Waals surface area (Å²) in [6.07, 6.45) is 0.250. The van der Waals surface area contributed by atoms with E-state index in [9.17, 15) is 9.59 Å². The number of rotatable bonds is 9. The minimum atomic E-state index is -0.283. The number of hydrogen-bond donors (Lipinski definition) is 0. The molecule has 0 saturated carbocycles. The zero-order valence-corrected chi connectivity index (χ0v) is 13.6. The first-order valence-electron chi connectivity index (χ1n) is 7.66. The zero-order valence-electron chi connectivity index (χ0n) is 13.6. The molecular formula is C17H25NO4. The molecule has 1 aromatic carbocycles. The van der Waals surface area contributed by atoms with Crippen LogP contribution in [0.1, 0.15) is 32.8 Å². The van der Waals surface area contributed by atoms with Gasteiger partial charge in [0.2, 0.25) is 0 Å². The van der Waals surface area contributed by atoms with Crippen molar-refractivity contribution in [2.45, 2.75) is 39.8 Å². The Kier molecular flexibility index (Phi) is 8.22. The van der Waals surface area contributed by atoms with Crippen molar-refractivity contribution in [2.75, 3.05) is 19.8 Å². The van der Waals surface area contributed by atoms with Crippen LogP contribution in [0.5, 0.6) is 0 Å². The highest BCUT2D eigenvalue weighted by atomic mass is 16.5. The van der Waals surface area contributed by atoms with Crippen molar-refractivity contribution >= 4 is 11.9 Å². The standard InChI is InChI=1S/C17H25NO4/c1-4-21-16(19)11-14(3)18(13-17(20)22-5-2)12-15-9-7-6-8-10-15/h6-10,14H,4-5,11-13H2,1-3H3/t14-/m0/s1. The van der Waals surface area contributed by atoms with Crippen LogP contribution in [-0.2, 0) is 25.6 Å². The zero-order chi connectivity index (χ0) is 16.4. The van der Waals surface area contributed by atoms with Crippen molar-refractivity contribution in [1.29, 1.82) is 0 Å². The maximum absolute atomic E-state index is 11.8. The van der Waals surface area contributed by atoms with Gasteiger partial charge in [-0.3, -0.25) is 14.5 Å². The molecular weight excluding hydrogens is 282 g/mol. The van der Waals surface area contributed by atoms with E-state index in [1.165, 1.54) is 0 Å². The highest BCUT2D eigenvalue weighted by Crippen LogP contribution is 2.11. The second-order valence-electron chi connectivity index (χ2n) is 5.05. The van der Waals surface area contributed by atoms with Gasteiger partial charge in [0.05, 0.1) is 26.2 Å². The second-order valence-corrected chi connectivity index (χ2v) is 5.05. The van der Waals surface area contributed by atoms with E-state index < -0.39 is 0 Å². The van der Waals surface area contributed by atoms with E-state index in [-0.39, 0.29) is 30.9 Å². The van der Waals surface area contributed by atoms with Crippen molar-refractivity contribution in [1.82, 2.24) is 4.90 Å². The first kappa shape index (κ1) is 18.2. The summed E-state index contributed by atoms with van der Waals surface area (Å²) in [7, 11) is 0. The summed E-state index contributed by atoms with van der Waals surface area (Å²) in [5, 5.41) is 0. The lowest BCUT2D eigenvalue weighted by molar-refractivity contribution is -0.148. The summed E-state index contributed by atoms with van der Waals surface area (Å²) in [5.41, 5.74) is 1.09. The van der Waals surface area contributed by atoms with Crippen LogP contribution in [0.3, 0.4) is 0 Å². The van der Waals surface area contributed by atoms with E-state index in [2.05, 4.69) is 0 Å². The summed E-state index contributed by atoms with van der Waals surface area (Å²) >= 11 is 0. The Labute approximate surface area is 132 Å². The van der Waals surface area contributed by atoms with Crippen molar-refractivity contribution < 1.29 is 19.1 Å². The number of hydrogen-bond acceptors (Lipinski definition) is 5. The van der Waals surface area contributed by atoms with E-state index in [0.29, 0.717) is 19.8 Å². The van der Waals surface area contributed by atoms with E-state index in [0.717, 1.165) is 5.56 Å². The van der Waals surface area contributed by atoms with Crippen LogP contribution < -0.4 is 0 Å². The van der Waals surface area contributed by atoms with Crippen molar-refractivity contribution in [3.05, 3.63) is 35.9 Å². The van der Waals surface area contributed by atoms with Gasteiger partial charge < -0.3 is 9.47 Å². The van der Waals surface area contributed by atoms with Gasteiger partial charge in [-0.1, -0.05) is 30.3 Å². The maximum atomic E-state index is 11.8. The van der Waals surface area contributed by atoms with Gasteiger partial charge in [-0.05, 0) is 26.3 Å². The third-order valence-electron chi connectivity index (χ3n) is 3.26. The highest BCUT2D eigenvalue weighted by molar-refractivity contribution is 5.72. The van der Waals surface area contributed by atoms with Gasteiger partial charge in [0.15, 0.2) is 0 Å². The molecule has 0 aliphatic heterocycles. The Hall–Kier alpha value is -1.88. The van der Waals surface area contributed by atoms with Gasteiger partial charge in [-0.2, -0.15) is 0 Å². The van der Waals surface area contributed by atoms with E-state index in [1.54, 1.807) is 13.8 Å². The molecule has 0 aliphatic carbocycles. The fourth-order valence-electron chi connectivity index (χ4n) is 2.15. The molecule has 0 N–H and O–H groups in total. The average molecular weight is 307 g/mol. The predicted octanol–water partition coefficient (Wildman–Crippen LogP) is 2.39. The molecule has 122 valence electrons. The molecule has 0 heterocycles. The molecule has 0 aliphatic rings. The molecule has 5 nitrogen and oxygen atoms in total. The van der Waals surface area contributed by atoms with Crippen LogP contribution in [0.15, 0.2) is 30.3 Å². The van der Waals surface area contributed by atoms with E-state index in [1.807, 2.05) is 42.2 Å². The molecule has 1 atom stereocenters. The van der Waals surface area contributed by atoms with Crippen molar-refractivity contribution in [3.8, 4) is 0 Å². The molecule has 0 aromatic heterocycles. The fraction of sp³-hybridized carbons (Fsp3) is 0.529. The Morgan fingerprint density at radius 3 is 2.23 bits per heavy atom. The lowest BCUT2D eigenvalue weighted by Crippen LogP contribution is -2.39. The lowest BCUT2D eigenvalue weighted by atomic mass is 10.1. The number of carbonyl (C=O) groups is 2. The smallest absolute Gasteiger partial charge is 0.320 e. The third kappa shape index (κ3) is 6.72. The fourth-order valence-corrected chi connectivity index (χ4v) is 2.15. The van der Waals surface area contributed by atoms with Gasteiger partial charge in [0.25, 0.3) is 0 Å². The molecule has 22 heavy (non-hydrogen) atoms. The van der Waals surface area contributed by atoms with Crippen LogP contribution in [-0.4, -0.2) is 42.6 Å². The van der Waals surface area contributed by atoms with Crippen LogP contribution >= 0.6 is 0 Å². The second kappa shape index (κ2) is 9.95.